The highest BCUT2D eigenvalue weighted by Crippen LogP contribution is 2.33. The van der Waals surface area contributed by atoms with E-state index in [-0.39, 0.29) is 17.0 Å². The quantitative estimate of drug-likeness (QED) is 0.496. The number of halogens is 2. The Morgan fingerprint density at radius 2 is 1.68 bits per heavy atom. The lowest BCUT2D eigenvalue weighted by Gasteiger charge is -2.18. The van der Waals surface area contributed by atoms with Crippen LogP contribution < -0.4 is 31.0 Å². The fourth-order valence-electron chi connectivity index (χ4n) is 4.03. The lowest BCUT2D eigenvalue weighted by Crippen LogP contribution is -3.00. The summed E-state index contributed by atoms with van der Waals surface area (Å²) in [6.45, 7) is 2.30. The molecule has 0 saturated heterocycles. The van der Waals surface area contributed by atoms with Crippen molar-refractivity contribution < 1.29 is 31.0 Å². The van der Waals surface area contributed by atoms with Crippen LogP contribution in [0.2, 0.25) is 0 Å². The number of aromatic nitrogens is 2. The van der Waals surface area contributed by atoms with E-state index in [9.17, 15) is 0 Å². The molecule has 28 heavy (non-hydrogen) atoms. The van der Waals surface area contributed by atoms with Gasteiger partial charge in [-0.1, -0.05) is 15.9 Å². The first-order chi connectivity index (χ1) is 13.3. The first-order valence-electron chi connectivity index (χ1n) is 9.60. The van der Waals surface area contributed by atoms with Crippen molar-refractivity contribution in [3.05, 3.63) is 59.0 Å². The maximum absolute atomic E-state index is 5.81. The Kier molecular flexibility index (Phi) is 5.78. The van der Waals surface area contributed by atoms with E-state index in [4.69, 9.17) is 9.47 Å². The highest BCUT2D eigenvalue weighted by Gasteiger charge is 2.27. The maximum atomic E-state index is 5.81. The van der Waals surface area contributed by atoms with E-state index in [0.717, 1.165) is 34.6 Å². The van der Waals surface area contributed by atoms with E-state index >= 15 is 0 Å². The first-order valence-corrected chi connectivity index (χ1v) is 10.4. The number of ether oxygens (including phenoxy) is 2. The van der Waals surface area contributed by atoms with Gasteiger partial charge in [-0.15, -0.1) is 0 Å². The second-order valence-corrected chi connectivity index (χ2v) is 8.01. The molecular weight excluding hydrogens is 484 g/mol. The molecule has 5 rings (SSSR count). The Balaban J connectivity index is 0.00000192. The molecule has 0 fully saturated rings. The number of benzene rings is 2. The van der Waals surface area contributed by atoms with Gasteiger partial charge in [0.2, 0.25) is 0 Å². The molecule has 0 radical (unpaired) electrons. The van der Waals surface area contributed by atoms with Crippen LogP contribution in [0.3, 0.4) is 0 Å². The lowest BCUT2D eigenvalue weighted by molar-refractivity contribution is -0.692. The van der Waals surface area contributed by atoms with Gasteiger partial charge < -0.3 is 26.5 Å². The smallest absolute Gasteiger partial charge is 0.262 e. The van der Waals surface area contributed by atoms with Crippen LogP contribution in [0.15, 0.2) is 53.1 Å². The van der Waals surface area contributed by atoms with Crippen LogP contribution in [0.5, 0.6) is 11.5 Å². The number of fused-ring (bicyclic) bond motifs is 2. The zero-order chi connectivity index (χ0) is 18.2. The summed E-state index contributed by atoms with van der Waals surface area (Å²) < 4.78 is 17.4. The predicted molar refractivity (Wildman–Crippen MR) is 108 cm³/mol. The van der Waals surface area contributed by atoms with Gasteiger partial charge in [-0.3, -0.25) is 0 Å². The molecular formula is C22H22Br2N2O2. The molecule has 0 atom stereocenters. The highest BCUT2D eigenvalue weighted by molar-refractivity contribution is 9.10. The maximum Gasteiger partial charge on any atom is 0.262 e. The third kappa shape index (κ3) is 3.60. The van der Waals surface area contributed by atoms with Crippen LogP contribution >= 0.6 is 15.9 Å². The molecule has 2 aromatic carbocycles. The van der Waals surface area contributed by atoms with Crippen LogP contribution in [0.25, 0.3) is 16.9 Å². The van der Waals surface area contributed by atoms with Gasteiger partial charge in [-0.2, -0.15) is 4.57 Å². The third-order valence-electron chi connectivity index (χ3n) is 5.36. The van der Waals surface area contributed by atoms with Crippen molar-refractivity contribution in [2.45, 2.75) is 32.2 Å². The zero-order valence-electron chi connectivity index (χ0n) is 15.5. The van der Waals surface area contributed by atoms with Crippen molar-refractivity contribution >= 4 is 15.9 Å². The highest BCUT2D eigenvalue weighted by atomic mass is 79.9. The van der Waals surface area contributed by atoms with E-state index in [1.807, 2.05) is 6.07 Å². The second kappa shape index (κ2) is 8.29. The monoisotopic (exact) mass is 504 g/mol. The summed E-state index contributed by atoms with van der Waals surface area (Å²) in [6, 6.07) is 14.9. The number of imidazole rings is 1. The third-order valence-corrected chi connectivity index (χ3v) is 5.89. The molecule has 0 spiro atoms. The molecule has 0 N–H and O–H groups in total. The lowest BCUT2D eigenvalue weighted by atomic mass is 10.1. The van der Waals surface area contributed by atoms with Gasteiger partial charge in [0.05, 0.1) is 6.54 Å². The Labute approximate surface area is 184 Å². The van der Waals surface area contributed by atoms with Gasteiger partial charge >= 0.3 is 0 Å². The standard InChI is InChI=1S/C22H22BrN2O2.BrH/c23-17-7-5-16(6-8-17)19-15-25(22-4-2-1-3-11-24(19)22)18-9-10-20-21(14-18)27-13-12-26-20;/h5-10,14-15H,1-4,11-13H2;1H/q+1;/p-1. The zero-order valence-corrected chi connectivity index (χ0v) is 18.7. The molecule has 146 valence electrons. The summed E-state index contributed by atoms with van der Waals surface area (Å²) in [5, 5.41) is 0. The molecule has 1 aromatic heterocycles. The van der Waals surface area contributed by atoms with Crippen LogP contribution in [-0.4, -0.2) is 17.8 Å². The van der Waals surface area contributed by atoms with Crippen LogP contribution in [-0.2, 0) is 13.0 Å². The van der Waals surface area contributed by atoms with Gasteiger partial charge in [-0.25, -0.2) is 4.57 Å². The number of hydrogen-bond acceptors (Lipinski definition) is 2. The van der Waals surface area contributed by atoms with Crippen LogP contribution in [0, 0.1) is 0 Å². The fraction of sp³-hybridized carbons (Fsp3) is 0.318. The van der Waals surface area contributed by atoms with Crippen molar-refractivity contribution in [1.29, 1.82) is 0 Å². The van der Waals surface area contributed by atoms with Crippen molar-refractivity contribution in [2.75, 3.05) is 13.2 Å². The van der Waals surface area contributed by atoms with Crippen molar-refractivity contribution in [2.24, 2.45) is 0 Å². The number of rotatable bonds is 2. The van der Waals surface area contributed by atoms with E-state index in [2.05, 4.69) is 67.7 Å². The molecule has 0 unspecified atom stereocenters. The Morgan fingerprint density at radius 1 is 0.893 bits per heavy atom. The normalized spacial score (nSPS) is 15.3. The first kappa shape index (κ1) is 19.5. The largest absolute Gasteiger partial charge is 1.00 e. The molecule has 3 heterocycles. The van der Waals surface area contributed by atoms with Gasteiger partial charge in [0, 0.05) is 22.5 Å². The molecule has 3 aromatic rings. The Morgan fingerprint density at radius 3 is 2.50 bits per heavy atom. The SMILES string of the molecule is Brc1ccc(-c2cn(-c3ccc4c(c3)OCCO4)c3[n+]2CCCCC3)cc1.[Br-]. The number of hydrogen-bond donors (Lipinski definition) is 0. The molecule has 0 bridgehead atoms. The van der Waals surface area contributed by atoms with E-state index in [1.165, 1.54) is 36.3 Å². The van der Waals surface area contributed by atoms with Gasteiger partial charge in [0.1, 0.15) is 25.1 Å². The Hall–Kier alpha value is -1.79. The molecule has 0 aliphatic carbocycles. The summed E-state index contributed by atoms with van der Waals surface area (Å²) in [6.07, 6.45) is 7.10. The summed E-state index contributed by atoms with van der Waals surface area (Å²) in [5.74, 6) is 3.04. The number of nitrogens with zero attached hydrogens (tertiary/aromatic N) is 2. The Bertz CT molecular complexity index is 983. The fourth-order valence-corrected chi connectivity index (χ4v) is 4.29. The minimum Gasteiger partial charge on any atom is -1.00 e. The summed E-state index contributed by atoms with van der Waals surface area (Å²) >= 11 is 3.54. The molecule has 2 aliphatic heterocycles. The van der Waals surface area contributed by atoms with Gasteiger partial charge in [0.25, 0.3) is 5.82 Å². The average Bonchev–Trinajstić information content (AvgIpc) is 2.89. The van der Waals surface area contributed by atoms with Crippen LogP contribution in [0.1, 0.15) is 25.1 Å². The molecule has 0 saturated carbocycles. The predicted octanol–water partition coefficient (Wildman–Crippen LogP) is 1.70. The minimum atomic E-state index is 0. The van der Waals surface area contributed by atoms with E-state index in [0.29, 0.717) is 13.2 Å². The topological polar surface area (TPSA) is 27.3 Å². The van der Waals surface area contributed by atoms with Crippen LogP contribution in [0.4, 0.5) is 0 Å². The molecule has 6 heteroatoms. The molecule has 4 nitrogen and oxygen atoms in total. The summed E-state index contributed by atoms with van der Waals surface area (Å²) in [5.41, 5.74) is 3.65. The summed E-state index contributed by atoms with van der Waals surface area (Å²) in [7, 11) is 0. The molecule has 2 aliphatic rings. The van der Waals surface area contributed by atoms with E-state index in [1.54, 1.807) is 0 Å². The molecule has 0 amide bonds. The van der Waals surface area contributed by atoms with E-state index < -0.39 is 0 Å². The van der Waals surface area contributed by atoms with Crippen molar-refractivity contribution in [3.8, 4) is 28.4 Å². The average molecular weight is 506 g/mol. The van der Waals surface area contributed by atoms with Gasteiger partial charge in [0.15, 0.2) is 17.2 Å². The second-order valence-electron chi connectivity index (χ2n) is 7.10. The summed E-state index contributed by atoms with van der Waals surface area (Å²) in [4.78, 5) is 0. The van der Waals surface area contributed by atoms with Crippen molar-refractivity contribution in [3.63, 3.8) is 0 Å². The van der Waals surface area contributed by atoms with Crippen molar-refractivity contribution in [1.82, 2.24) is 4.57 Å². The minimum absolute atomic E-state index is 0. The van der Waals surface area contributed by atoms with Gasteiger partial charge in [-0.05, 0) is 55.7 Å².